The van der Waals surface area contributed by atoms with Gasteiger partial charge < -0.3 is 5.73 Å². The number of pyridine rings is 1. The molecule has 0 aliphatic carbocycles. The first-order valence-electron chi connectivity index (χ1n) is 3.25. The molecule has 1 rings (SSSR count). The van der Waals surface area contributed by atoms with E-state index in [0.29, 0.717) is 6.29 Å². The van der Waals surface area contributed by atoms with Crippen LogP contribution >= 0.6 is 11.6 Å². The number of rotatable bonds is 2. The van der Waals surface area contributed by atoms with Gasteiger partial charge >= 0.3 is 0 Å². The monoisotopic (exact) mass is 206 g/mol. The molecule has 0 aliphatic rings. The van der Waals surface area contributed by atoms with Gasteiger partial charge in [-0.3, -0.25) is 9.78 Å². The molecule has 6 heteroatoms. The second kappa shape index (κ2) is 3.66. The zero-order valence-electron chi connectivity index (χ0n) is 6.30. The van der Waals surface area contributed by atoms with Gasteiger partial charge in [-0.1, -0.05) is 11.6 Å². The van der Waals surface area contributed by atoms with E-state index in [-0.39, 0.29) is 16.4 Å². The molecule has 0 saturated heterocycles. The summed E-state index contributed by atoms with van der Waals surface area (Å²) in [6.45, 7) is 0. The van der Waals surface area contributed by atoms with Crippen LogP contribution in [0, 0.1) is 0 Å². The van der Waals surface area contributed by atoms with E-state index in [1.165, 1.54) is 0 Å². The van der Waals surface area contributed by atoms with Crippen LogP contribution in [-0.2, 0) is 0 Å². The smallest absolute Gasteiger partial charge is 0.266 e. The third kappa shape index (κ3) is 1.75. The van der Waals surface area contributed by atoms with Crippen molar-refractivity contribution in [2.45, 2.75) is 6.43 Å². The molecule has 0 spiro atoms. The first-order chi connectivity index (χ1) is 6.07. The molecule has 0 unspecified atom stereocenters. The third-order valence-corrected chi connectivity index (χ3v) is 1.88. The van der Waals surface area contributed by atoms with E-state index >= 15 is 0 Å². The summed E-state index contributed by atoms with van der Waals surface area (Å²) in [7, 11) is 0. The van der Waals surface area contributed by atoms with Gasteiger partial charge in [-0.05, 0) is 0 Å². The van der Waals surface area contributed by atoms with Gasteiger partial charge in [0.1, 0.15) is 5.69 Å². The molecule has 1 aromatic rings. The summed E-state index contributed by atoms with van der Waals surface area (Å²) < 4.78 is 24.4. The van der Waals surface area contributed by atoms with Gasteiger partial charge in [0.2, 0.25) is 0 Å². The highest BCUT2D eigenvalue weighted by molar-refractivity contribution is 6.34. The maximum absolute atomic E-state index is 12.2. The highest BCUT2D eigenvalue weighted by atomic mass is 35.5. The number of carbonyl (C=O) groups excluding carboxylic acids is 1. The third-order valence-electron chi connectivity index (χ3n) is 1.46. The largest absolute Gasteiger partial charge is 0.396 e. The van der Waals surface area contributed by atoms with Crippen molar-refractivity contribution in [3.8, 4) is 0 Å². The van der Waals surface area contributed by atoms with Crippen molar-refractivity contribution >= 4 is 23.6 Å². The molecule has 0 aromatic carbocycles. The Labute approximate surface area is 77.5 Å². The number of nitrogen functional groups attached to an aromatic ring is 1. The maximum atomic E-state index is 12.2. The molecule has 0 atom stereocenters. The Hall–Kier alpha value is -1.23. The average molecular weight is 207 g/mol. The molecule has 70 valence electrons. The second-order valence-electron chi connectivity index (χ2n) is 2.24. The number of nitrogens with two attached hydrogens (primary N) is 1. The lowest BCUT2D eigenvalue weighted by Crippen LogP contribution is -2.01. The van der Waals surface area contributed by atoms with Crippen LogP contribution in [0.3, 0.4) is 0 Å². The minimum Gasteiger partial charge on any atom is -0.396 e. The van der Waals surface area contributed by atoms with Crippen molar-refractivity contribution < 1.29 is 13.6 Å². The second-order valence-corrected chi connectivity index (χ2v) is 2.62. The Morgan fingerprint density at radius 1 is 1.62 bits per heavy atom. The van der Waals surface area contributed by atoms with Gasteiger partial charge in [-0.2, -0.15) is 0 Å². The molecule has 0 radical (unpaired) electrons. The number of anilines is 1. The van der Waals surface area contributed by atoms with E-state index in [9.17, 15) is 13.6 Å². The Kier molecular flexibility index (Phi) is 2.77. The highest BCUT2D eigenvalue weighted by Gasteiger charge is 2.16. The fourth-order valence-electron chi connectivity index (χ4n) is 0.779. The normalized spacial score (nSPS) is 10.5. The van der Waals surface area contributed by atoms with Crippen LogP contribution in [0.25, 0.3) is 0 Å². The summed E-state index contributed by atoms with van der Waals surface area (Å²) in [4.78, 5) is 13.7. The zero-order chi connectivity index (χ0) is 10.0. The summed E-state index contributed by atoms with van der Waals surface area (Å²) in [6, 6.07) is 0. The van der Waals surface area contributed by atoms with Crippen molar-refractivity contribution in [2.24, 2.45) is 0 Å². The van der Waals surface area contributed by atoms with Gasteiger partial charge in [0.05, 0.1) is 16.3 Å². The van der Waals surface area contributed by atoms with E-state index in [1.807, 2.05) is 0 Å². The van der Waals surface area contributed by atoms with Crippen molar-refractivity contribution in [3.63, 3.8) is 0 Å². The molecule has 13 heavy (non-hydrogen) atoms. The van der Waals surface area contributed by atoms with Gasteiger partial charge in [0, 0.05) is 6.20 Å². The first kappa shape index (κ1) is 9.85. The number of aromatic nitrogens is 1. The standard InChI is InChI=1S/C7H5ClF2N2O/c8-5-3(7(9)10)1-12-4(2-13)6(5)11/h1-2,7H,11H2. The van der Waals surface area contributed by atoms with Crippen molar-refractivity contribution in [1.29, 1.82) is 0 Å². The lowest BCUT2D eigenvalue weighted by atomic mass is 10.2. The van der Waals surface area contributed by atoms with Gasteiger partial charge in [0.25, 0.3) is 6.43 Å². The maximum Gasteiger partial charge on any atom is 0.266 e. The molecule has 0 fully saturated rings. The molecule has 3 nitrogen and oxygen atoms in total. The number of aldehydes is 1. The molecule has 0 bridgehead atoms. The number of alkyl halides is 2. The van der Waals surface area contributed by atoms with Crippen LogP contribution in [0.5, 0.6) is 0 Å². The molecule has 1 aromatic heterocycles. The van der Waals surface area contributed by atoms with E-state index in [4.69, 9.17) is 17.3 Å². The summed E-state index contributed by atoms with van der Waals surface area (Å²) in [5, 5.41) is -0.313. The Balaban J connectivity index is 3.31. The van der Waals surface area contributed by atoms with Gasteiger partial charge in [0.15, 0.2) is 6.29 Å². The number of halogens is 3. The molecular weight excluding hydrogens is 202 g/mol. The number of hydrogen-bond donors (Lipinski definition) is 1. The van der Waals surface area contributed by atoms with Crippen LogP contribution in [0.15, 0.2) is 6.20 Å². The average Bonchev–Trinajstić information content (AvgIpc) is 2.09. The Bertz CT molecular complexity index is 344. The van der Waals surface area contributed by atoms with E-state index < -0.39 is 12.0 Å². The summed E-state index contributed by atoms with van der Waals surface area (Å²) >= 11 is 5.47. The molecule has 0 amide bonds. The Morgan fingerprint density at radius 3 is 2.69 bits per heavy atom. The van der Waals surface area contributed by atoms with Gasteiger partial charge in [-0.25, -0.2) is 8.78 Å². The van der Waals surface area contributed by atoms with Crippen molar-refractivity contribution in [2.75, 3.05) is 5.73 Å². The predicted molar refractivity (Wildman–Crippen MR) is 44.0 cm³/mol. The molecule has 0 aliphatic heterocycles. The molecule has 1 heterocycles. The van der Waals surface area contributed by atoms with Crippen LogP contribution < -0.4 is 5.73 Å². The fourth-order valence-corrected chi connectivity index (χ4v) is 1.01. The van der Waals surface area contributed by atoms with Gasteiger partial charge in [-0.15, -0.1) is 0 Å². The van der Waals surface area contributed by atoms with E-state index in [2.05, 4.69) is 4.98 Å². The zero-order valence-corrected chi connectivity index (χ0v) is 7.05. The number of hydrogen-bond acceptors (Lipinski definition) is 3. The van der Waals surface area contributed by atoms with Crippen LogP contribution in [0.2, 0.25) is 5.02 Å². The molecular formula is C7H5ClF2N2O. The van der Waals surface area contributed by atoms with Crippen LogP contribution in [0.1, 0.15) is 22.5 Å². The van der Waals surface area contributed by atoms with Crippen LogP contribution in [-0.4, -0.2) is 11.3 Å². The minimum absolute atomic E-state index is 0.130. The SMILES string of the molecule is Nc1c(C=O)ncc(C(F)F)c1Cl. The Morgan fingerprint density at radius 2 is 2.23 bits per heavy atom. The number of carbonyl (C=O) groups is 1. The number of nitrogens with zero attached hydrogens (tertiary/aromatic N) is 1. The first-order valence-corrected chi connectivity index (χ1v) is 3.63. The lowest BCUT2D eigenvalue weighted by Gasteiger charge is -2.05. The summed E-state index contributed by atoms with van der Waals surface area (Å²) in [5.41, 5.74) is 4.46. The molecule has 2 N–H and O–H groups in total. The topological polar surface area (TPSA) is 56.0 Å². The minimum atomic E-state index is -2.75. The van der Waals surface area contributed by atoms with E-state index in [1.54, 1.807) is 0 Å². The van der Waals surface area contributed by atoms with E-state index in [0.717, 1.165) is 6.20 Å². The predicted octanol–water partition coefficient (Wildman–Crippen LogP) is 2.07. The molecule has 0 saturated carbocycles. The quantitative estimate of drug-likeness (QED) is 0.754. The summed E-state index contributed by atoms with van der Waals surface area (Å²) in [5.74, 6) is 0. The lowest BCUT2D eigenvalue weighted by molar-refractivity contribution is 0.111. The summed E-state index contributed by atoms with van der Waals surface area (Å²) in [6.07, 6.45) is -1.55. The van der Waals surface area contributed by atoms with Crippen molar-refractivity contribution in [3.05, 3.63) is 22.5 Å². The highest BCUT2D eigenvalue weighted by Crippen LogP contribution is 2.31. The fraction of sp³-hybridized carbons (Fsp3) is 0.143. The van der Waals surface area contributed by atoms with Crippen molar-refractivity contribution in [1.82, 2.24) is 4.98 Å². The van der Waals surface area contributed by atoms with Crippen LogP contribution in [0.4, 0.5) is 14.5 Å².